The van der Waals surface area contributed by atoms with Crippen molar-refractivity contribution in [1.82, 2.24) is 15.3 Å². The summed E-state index contributed by atoms with van der Waals surface area (Å²) in [5.74, 6) is 0. The zero-order chi connectivity index (χ0) is 14.3. The summed E-state index contributed by atoms with van der Waals surface area (Å²) in [4.78, 5) is 8.96. The van der Waals surface area contributed by atoms with Crippen LogP contribution < -0.4 is 5.32 Å². The molecule has 1 unspecified atom stereocenters. The Morgan fingerprint density at radius 2 is 2.33 bits per heavy atom. The largest absolute Gasteiger partial charge is 0.378 e. The van der Waals surface area contributed by atoms with Gasteiger partial charge in [0.05, 0.1) is 17.5 Å². The average Bonchev–Trinajstić information content (AvgIpc) is 3.02. The first kappa shape index (κ1) is 14.6. The van der Waals surface area contributed by atoms with E-state index < -0.39 is 0 Å². The molecule has 21 heavy (non-hydrogen) atoms. The smallest absolute Gasteiger partial charge is 0.142 e. The van der Waals surface area contributed by atoms with Crippen molar-refractivity contribution in [2.45, 2.75) is 38.3 Å². The Morgan fingerprint density at radius 3 is 3.14 bits per heavy atom. The normalized spacial score (nSPS) is 18.8. The molecule has 0 aliphatic carbocycles. The Balaban J connectivity index is 1.42. The third kappa shape index (κ3) is 4.33. The first-order chi connectivity index (χ1) is 10.4. The minimum absolute atomic E-state index is 0.450. The van der Waals surface area contributed by atoms with Crippen molar-refractivity contribution in [2.24, 2.45) is 0 Å². The Bertz CT molecular complexity index is 537. The van der Waals surface area contributed by atoms with Gasteiger partial charge >= 0.3 is 0 Å². The van der Waals surface area contributed by atoms with Gasteiger partial charge in [0.2, 0.25) is 0 Å². The summed E-state index contributed by atoms with van der Waals surface area (Å²) < 4.78 is 5.73. The lowest BCUT2D eigenvalue weighted by molar-refractivity contribution is 0.0115. The molecular weight excluding hydrogens is 282 g/mol. The molecule has 112 valence electrons. The Labute approximate surface area is 129 Å². The molecule has 0 spiro atoms. The molecule has 2 aromatic rings. The fourth-order valence-corrected chi connectivity index (χ4v) is 3.30. The van der Waals surface area contributed by atoms with Crippen LogP contribution in [0.25, 0.3) is 10.7 Å². The topological polar surface area (TPSA) is 47.0 Å². The van der Waals surface area contributed by atoms with Crippen LogP contribution in [0.4, 0.5) is 0 Å². The van der Waals surface area contributed by atoms with E-state index in [-0.39, 0.29) is 0 Å². The molecule has 3 rings (SSSR count). The predicted molar refractivity (Wildman–Crippen MR) is 85.3 cm³/mol. The minimum Gasteiger partial charge on any atom is -0.378 e. The van der Waals surface area contributed by atoms with Crippen LogP contribution in [-0.2, 0) is 11.3 Å². The first-order valence-electron chi connectivity index (χ1n) is 7.60. The summed E-state index contributed by atoms with van der Waals surface area (Å²) in [7, 11) is 0. The highest BCUT2D eigenvalue weighted by Gasteiger charge is 2.13. The van der Waals surface area contributed by atoms with Crippen LogP contribution in [0, 0.1) is 0 Å². The van der Waals surface area contributed by atoms with Gasteiger partial charge in [0, 0.05) is 24.7 Å². The molecule has 0 radical (unpaired) electrons. The van der Waals surface area contributed by atoms with Gasteiger partial charge in [-0.15, -0.1) is 11.3 Å². The van der Waals surface area contributed by atoms with E-state index in [9.17, 15) is 0 Å². The monoisotopic (exact) mass is 303 g/mol. The van der Waals surface area contributed by atoms with Gasteiger partial charge in [-0.05, 0) is 44.4 Å². The van der Waals surface area contributed by atoms with Crippen molar-refractivity contribution in [3.05, 3.63) is 35.5 Å². The number of hydrogen-bond acceptors (Lipinski definition) is 5. The van der Waals surface area contributed by atoms with Crippen LogP contribution in [-0.4, -0.2) is 29.2 Å². The molecule has 0 bridgehead atoms. The van der Waals surface area contributed by atoms with E-state index in [2.05, 4.69) is 20.7 Å². The lowest BCUT2D eigenvalue weighted by Gasteiger charge is -2.22. The van der Waals surface area contributed by atoms with Gasteiger partial charge in [0.25, 0.3) is 0 Å². The molecule has 1 aliphatic heterocycles. The number of pyridine rings is 1. The second-order valence-electron chi connectivity index (χ2n) is 5.31. The van der Waals surface area contributed by atoms with Gasteiger partial charge in [-0.3, -0.25) is 4.98 Å². The van der Waals surface area contributed by atoms with E-state index in [0.717, 1.165) is 42.5 Å². The van der Waals surface area contributed by atoms with Crippen molar-refractivity contribution >= 4 is 11.3 Å². The molecule has 0 aromatic carbocycles. The lowest BCUT2D eigenvalue weighted by atomic mass is 10.1. The van der Waals surface area contributed by atoms with Crippen molar-refractivity contribution in [3.63, 3.8) is 0 Å². The number of nitrogens with one attached hydrogen (secondary N) is 1. The summed E-state index contributed by atoms with van der Waals surface area (Å²) in [6.07, 6.45) is 7.09. The highest BCUT2D eigenvalue weighted by atomic mass is 32.1. The van der Waals surface area contributed by atoms with Crippen LogP contribution in [0.15, 0.2) is 29.8 Å². The van der Waals surface area contributed by atoms with Gasteiger partial charge in [-0.2, -0.15) is 0 Å². The molecule has 2 aromatic heterocycles. The number of hydrogen-bond donors (Lipinski definition) is 1. The Morgan fingerprint density at radius 1 is 1.33 bits per heavy atom. The second kappa shape index (κ2) is 7.64. The molecule has 3 heterocycles. The molecule has 0 amide bonds. The van der Waals surface area contributed by atoms with E-state index in [4.69, 9.17) is 4.74 Å². The maximum absolute atomic E-state index is 5.73. The van der Waals surface area contributed by atoms with Gasteiger partial charge < -0.3 is 10.1 Å². The van der Waals surface area contributed by atoms with Crippen molar-refractivity contribution in [1.29, 1.82) is 0 Å². The van der Waals surface area contributed by atoms with E-state index in [0.29, 0.717) is 6.10 Å². The number of nitrogens with zero attached hydrogens (tertiary/aromatic N) is 2. The number of ether oxygens (including phenoxy) is 1. The van der Waals surface area contributed by atoms with Crippen molar-refractivity contribution in [2.75, 3.05) is 13.2 Å². The molecule has 0 saturated carbocycles. The Kier molecular flexibility index (Phi) is 5.32. The molecule has 1 fully saturated rings. The van der Waals surface area contributed by atoms with E-state index >= 15 is 0 Å². The van der Waals surface area contributed by atoms with Crippen molar-refractivity contribution < 1.29 is 4.74 Å². The molecule has 1 aliphatic rings. The summed E-state index contributed by atoms with van der Waals surface area (Å²) in [5.41, 5.74) is 2.04. The van der Waals surface area contributed by atoms with Gasteiger partial charge in [-0.25, -0.2) is 4.98 Å². The lowest BCUT2D eigenvalue weighted by Crippen LogP contribution is -2.25. The number of thiazole rings is 1. The summed E-state index contributed by atoms with van der Waals surface area (Å²) in [5, 5.41) is 6.55. The van der Waals surface area contributed by atoms with Gasteiger partial charge in [0.1, 0.15) is 5.01 Å². The van der Waals surface area contributed by atoms with Crippen LogP contribution in [0.1, 0.15) is 31.4 Å². The second-order valence-corrected chi connectivity index (χ2v) is 6.17. The molecule has 5 heteroatoms. The third-order valence-corrected chi connectivity index (χ3v) is 4.57. The fourth-order valence-electron chi connectivity index (χ4n) is 2.51. The molecule has 1 atom stereocenters. The summed E-state index contributed by atoms with van der Waals surface area (Å²) >= 11 is 1.65. The average molecular weight is 303 g/mol. The maximum atomic E-state index is 5.73. The number of aromatic nitrogens is 2. The highest BCUT2D eigenvalue weighted by molar-refractivity contribution is 7.13. The molecular formula is C16H21N3OS. The van der Waals surface area contributed by atoms with Crippen molar-refractivity contribution in [3.8, 4) is 10.7 Å². The zero-order valence-corrected chi connectivity index (χ0v) is 12.9. The van der Waals surface area contributed by atoms with Crippen LogP contribution in [0.5, 0.6) is 0 Å². The van der Waals surface area contributed by atoms with E-state index in [1.807, 2.05) is 18.2 Å². The quantitative estimate of drug-likeness (QED) is 0.832. The predicted octanol–water partition coefficient (Wildman–Crippen LogP) is 3.25. The zero-order valence-electron chi connectivity index (χ0n) is 12.1. The Hall–Kier alpha value is -1.30. The summed E-state index contributed by atoms with van der Waals surface area (Å²) in [6, 6.07) is 5.91. The SMILES string of the molecule is c1ccc(-c2nc(CNCCC3CCCCO3)cs2)nc1. The van der Waals surface area contributed by atoms with Gasteiger partial charge in [0.15, 0.2) is 0 Å². The van der Waals surface area contributed by atoms with E-state index in [1.165, 1.54) is 19.3 Å². The molecule has 1 saturated heterocycles. The maximum Gasteiger partial charge on any atom is 0.142 e. The first-order valence-corrected chi connectivity index (χ1v) is 8.48. The fraction of sp³-hybridized carbons (Fsp3) is 0.500. The minimum atomic E-state index is 0.450. The standard InChI is InChI=1S/C16H21N3OS/c1-3-8-18-15(6-1)16-19-13(12-21-16)11-17-9-7-14-5-2-4-10-20-14/h1,3,6,8,12,14,17H,2,4-5,7,9-11H2. The molecule has 4 nitrogen and oxygen atoms in total. The van der Waals surface area contributed by atoms with Gasteiger partial charge in [-0.1, -0.05) is 6.07 Å². The van der Waals surface area contributed by atoms with Crippen LogP contribution >= 0.6 is 11.3 Å². The van der Waals surface area contributed by atoms with Crippen LogP contribution in [0.3, 0.4) is 0 Å². The third-order valence-electron chi connectivity index (χ3n) is 3.66. The summed E-state index contributed by atoms with van der Waals surface area (Å²) in [6.45, 7) is 2.74. The van der Waals surface area contributed by atoms with Crippen LogP contribution in [0.2, 0.25) is 0 Å². The number of rotatable bonds is 6. The molecule has 1 N–H and O–H groups in total. The van der Waals surface area contributed by atoms with E-state index in [1.54, 1.807) is 17.5 Å². The highest BCUT2D eigenvalue weighted by Crippen LogP contribution is 2.21.